The Bertz CT molecular complexity index is 1240. The highest BCUT2D eigenvalue weighted by Crippen LogP contribution is 2.43. The lowest BCUT2D eigenvalue weighted by molar-refractivity contribution is -0.143. The predicted octanol–water partition coefficient (Wildman–Crippen LogP) is 6.03. The quantitative estimate of drug-likeness (QED) is 0.400. The Kier molecular flexibility index (Phi) is 9.85. The van der Waals surface area contributed by atoms with Crippen LogP contribution in [0.15, 0.2) is 40.9 Å². The molecule has 0 spiro atoms. The highest BCUT2D eigenvalue weighted by Gasteiger charge is 2.45. The molecule has 1 saturated carbocycles. The summed E-state index contributed by atoms with van der Waals surface area (Å²) in [5, 5.41) is 11.8. The van der Waals surface area contributed by atoms with E-state index < -0.39 is 23.2 Å². The van der Waals surface area contributed by atoms with Crippen LogP contribution in [0.3, 0.4) is 0 Å². The van der Waals surface area contributed by atoms with Crippen molar-refractivity contribution in [1.82, 2.24) is 9.80 Å². The molecule has 1 heterocycles. The summed E-state index contributed by atoms with van der Waals surface area (Å²) in [5.41, 5.74) is -0.769. The van der Waals surface area contributed by atoms with Gasteiger partial charge in [-0.05, 0) is 63.4 Å². The van der Waals surface area contributed by atoms with Crippen LogP contribution in [0.1, 0.15) is 69.9 Å². The number of carbonyl (C=O) groups excluding carboxylic acids is 2. The fourth-order valence-electron chi connectivity index (χ4n) is 5.53. The maximum atomic E-state index is 14.3. The Morgan fingerprint density at radius 1 is 1.00 bits per heavy atom. The lowest BCUT2D eigenvalue weighted by Gasteiger charge is -2.43. The second-order valence-electron chi connectivity index (χ2n) is 11.8. The van der Waals surface area contributed by atoms with Crippen molar-refractivity contribution in [3.63, 3.8) is 0 Å². The summed E-state index contributed by atoms with van der Waals surface area (Å²) in [5.74, 6) is -0.557. The van der Waals surface area contributed by atoms with E-state index in [9.17, 15) is 19.1 Å². The molecule has 224 valence electrons. The highest BCUT2D eigenvalue weighted by molar-refractivity contribution is 9.10. The monoisotopic (exact) mass is 634 g/mol. The third kappa shape index (κ3) is 7.71. The zero-order valence-corrected chi connectivity index (χ0v) is 25.8. The minimum atomic E-state index is -1.20. The van der Waals surface area contributed by atoms with Gasteiger partial charge in [-0.1, -0.05) is 47.3 Å². The summed E-state index contributed by atoms with van der Waals surface area (Å²) < 4.78 is 32.0. The van der Waals surface area contributed by atoms with E-state index in [1.165, 1.54) is 13.2 Å². The van der Waals surface area contributed by atoms with E-state index in [1.54, 1.807) is 40.1 Å². The van der Waals surface area contributed by atoms with Crippen LogP contribution in [0.25, 0.3) is 0 Å². The SMILES string of the molecule is COc1cc(C(C(=O)N2CCN(C(=O)OC(C)(C)C)CC2)C2(O)CCCCC2)ccc1OCc1ccc(Br)cc1F. The summed E-state index contributed by atoms with van der Waals surface area (Å²) in [6.07, 6.45) is 3.33. The Balaban J connectivity index is 1.54. The number of benzene rings is 2. The van der Waals surface area contributed by atoms with Crippen LogP contribution in [0.5, 0.6) is 11.5 Å². The van der Waals surface area contributed by atoms with E-state index in [2.05, 4.69) is 15.9 Å². The summed E-state index contributed by atoms with van der Waals surface area (Å²) in [4.78, 5) is 30.0. The molecule has 2 aromatic rings. The number of piperazine rings is 1. The molecule has 2 amide bonds. The number of hydrogen-bond donors (Lipinski definition) is 1. The van der Waals surface area contributed by atoms with Gasteiger partial charge >= 0.3 is 6.09 Å². The lowest BCUT2D eigenvalue weighted by Crippen LogP contribution is -2.55. The fourth-order valence-corrected chi connectivity index (χ4v) is 5.86. The van der Waals surface area contributed by atoms with Crippen LogP contribution in [0.4, 0.5) is 9.18 Å². The zero-order valence-electron chi connectivity index (χ0n) is 24.3. The first-order chi connectivity index (χ1) is 19.4. The molecular weight excluding hydrogens is 595 g/mol. The lowest BCUT2D eigenvalue weighted by atomic mass is 9.72. The molecule has 1 saturated heterocycles. The van der Waals surface area contributed by atoms with Crippen molar-refractivity contribution < 1.29 is 33.3 Å². The van der Waals surface area contributed by atoms with Crippen LogP contribution >= 0.6 is 15.9 Å². The van der Waals surface area contributed by atoms with Gasteiger partial charge in [0, 0.05) is 36.2 Å². The first-order valence-corrected chi connectivity index (χ1v) is 14.9. The Hall–Kier alpha value is -2.85. The summed E-state index contributed by atoms with van der Waals surface area (Å²) in [7, 11) is 1.51. The molecule has 1 N–H and O–H groups in total. The van der Waals surface area contributed by atoms with Crippen molar-refractivity contribution in [2.24, 2.45) is 0 Å². The van der Waals surface area contributed by atoms with Gasteiger partial charge in [-0.3, -0.25) is 4.79 Å². The van der Waals surface area contributed by atoms with Crippen LogP contribution in [0.2, 0.25) is 0 Å². The number of nitrogens with zero attached hydrogens (tertiary/aromatic N) is 2. The molecule has 8 nitrogen and oxygen atoms in total. The fraction of sp³-hybridized carbons (Fsp3) is 0.548. The molecule has 2 fully saturated rings. The number of halogens is 2. The normalized spacial score (nSPS) is 18.0. The van der Waals surface area contributed by atoms with Gasteiger partial charge in [0.25, 0.3) is 0 Å². The number of amides is 2. The van der Waals surface area contributed by atoms with Gasteiger partial charge in [-0.25, -0.2) is 9.18 Å². The standard InChI is InChI=1S/C31H40BrFN2O6/c1-30(2,3)41-29(37)35-16-14-34(15-17-35)28(36)27(31(38)12-6-5-7-13-31)21-9-11-25(26(18-21)39-4)40-20-22-8-10-23(32)19-24(22)33/h8-11,18-19,27,38H,5-7,12-17,20H2,1-4H3. The molecule has 4 rings (SSSR count). The van der Waals surface area contributed by atoms with Gasteiger partial charge in [0.15, 0.2) is 11.5 Å². The van der Waals surface area contributed by atoms with Gasteiger partial charge in [0.2, 0.25) is 5.91 Å². The molecule has 41 heavy (non-hydrogen) atoms. The van der Waals surface area contributed by atoms with Crippen LogP contribution in [-0.4, -0.2) is 71.4 Å². The second kappa shape index (κ2) is 13.0. The van der Waals surface area contributed by atoms with E-state index in [0.717, 1.165) is 19.3 Å². The molecule has 0 bridgehead atoms. The third-order valence-electron chi connectivity index (χ3n) is 7.67. The Labute approximate surface area is 249 Å². The minimum Gasteiger partial charge on any atom is -0.493 e. The molecular formula is C31H40BrFN2O6. The summed E-state index contributed by atoms with van der Waals surface area (Å²) >= 11 is 3.26. The molecule has 2 aromatic carbocycles. The number of methoxy groups -OCH3 is 1. The molecule has 1 aliphatic heterocycles. The van der Waals surface area contributed by atoms with Crippen molar-refractivity contribution in [2.75, 3.05) is 33.3 Å². The van der Waals surface area contributed by atoms with Gasteiger partial charge in [-0.15, -0.1) is 0 Å². The van der Waals surface area contributed by atoms with Gasteiger partial charge in [0.1, 0.15) is 18.0 Å². The molecule has 10 heteroatoms. The van der Waals surface area contributed by atoms with Crippen molar-refractivity contribution in [3.8, 4) is 11.5 Å². The van der Waals surface area contributed by atoms with Crippen molar-refractivity contribution in [3.05, 3.63) is 57.8 Å². The van der Waals surface area contributed by atoms with E-state index in [0.29, 0.717) is 66.1 Å². The van der Waals surface area contributed by atoms with Crippen molar-refractivity contribution >= 4 is 27.9 Å². The smallest absolute Gasteiger partial charge is 0.410 e. The number of rotatable bonds is 7. The van der Waals surface area contributed by atoms with Crippen LogP contribution < -0.4 is 9.47 Å². The van der Waals surface area contributed by atoms with Gasteiger partial charge in [0.05, 0.1) is 18.6 Å². The largest absolute Gasteiger partial charge is 0.493 e. The number of ether oxygens (including phenoxy) is 3. The van der Waals surface area contributed by atoms with Gasteiger partial charge < -0.3 is 29.1 Å². The summed E-state index contributed by atoms with van der Waals surface area (Å²) in [6.45, 7) is 6.88. The maximum absolute atomic E-state index is 14.3. The second-order valence-corrected chi connectivity index (χ2v) is 12.7. The van der Waals surface area contributed by atoms with E-state index in [1.807, 2.05) is 20.8 Å². The van der Waals surface area contributed by atoms with Crippen molar-refractivity contribution in [1.29, 1.82) is 0 Å². The zero-order chi connectivity index (χ0) is 29.8. The van der Waals surface area contributed by atoms with Crippen LogP contribution in [0, 0.1) is 5.82 Å². The highest BCUT2D eigenvalue weighted by atomic mass is 79.9. The topological polar surface area (TPSA) is 88.5 Å². The van der Waals surface area contributed by atoms with Crippen molar-refractivity contribution in [2.45, 2.75) is 76.6 Å². The van der Waals surface area contributed by atoms with E-state index in [-0.39, 0.29) is 18.3 Å². The van der Waals surface area contributed by atoms with Gasteiger partial charge in [-0.2, -0.15) is 0 Å². The third-order valence-corrected chi connectivity index (χ3v) is 8.16. The molecule has 0 aromatic heterocycles. The van der Waals surface area contributed by atoms with E-state index in [4.69, 9.17) is 14.2 Å². The summed E-state index contributed by atoms with van der Waals surface area (Å²) in [6, 6.07) is 10.00. The molecule has 1 aliphatic carbocycles. The molecule has 1 atom stereocenters. The van der Waals surface area contributed by atoms with E-state index >= 15 is 0 Å². The predicted molar refractivity (Wildman–Crippen MR) is 157 cm³/mol. The number of hydrogen-bond acceptors (Lipinski definition) is 6. The number of carbonyl (C=O) groups is 2. The Morgan fingerprint density at radius 3 is 2.27 bits per heavy atom. The molecule has 0 radical (unpaired) electrons. The maximum Gasteiger partial charge on any atom is 0.410 e. The first-order valence-electron chi connectivity index (χ1n) is 14.1. The minimum absolute atomic E-state index is 0.00302. The average Bonchev–Trinajstić information content (AvgIpc) is 2.92. The number of aliphatic hydroxyl groups is 1. The molecule has 2 aliphatic rings. The molecule has 1 unspecified atom stereocenters. The average molecular weight is 636 g/mol. The van der Waals surface area contributed by atoms with Crippen LogP contribution in [-0.2, 0) is 16.1 Å². The first kappa shape index (κ1) is 31.1. The Morgan fingerprint density at radius 2 is 1.66 bits per heavy atom.